The molecular formula is C21H22Cl2N2OS. The molecule has 0 saturated heterocycles. The van der Waals surface area contributed by atoms with Crippen LogP contribution in [0.4, 0.5) is 0 Å². The third-order valence-corrected chi connectivity index (χ3v) is 6.06. The second-order valence-corrected chi connectivity index (χ2v) is 8.68. The summed E-state index contributed by atoms with van der Waals surface area (Å²) in [6, 6.07) is 9.59. The molecule has 142 valence electrons. The van der Waals surface area contributed by atoms with Crippen molar-refractivity contribution < 1.29 is 5.11 Å². The number of benzene rings is 1. The Kier molecular flexibility index (Phi) is 6.53. The van der Waals surface area contributed by atoms with Gasteiger partial charge in [-0.25, -0.2) is 0 Å². The van der Waals surface area contributed by atoms with E-state index in [1.165, 1.54) is 5.56 Å². The topological polar surface area (TPSA) is 38.0 Å². The molecule has 0 radical (unpaired) electrons. The Bertz CT molecular complexity index is 919. The van der Waals surface area contributed by atoms with E-state index in [-0.39, 0.29) is 12.5 Å². The number of aliphatic hydroxyl groups excluding tert-OH is 1. The SMILES string of the molecule is Cc1c(CO)c(C(C)C)c(Sc2cc(Cl)cc(Cl)c2)n1Cc1ccncc1. The first-order chi connectivity index (χ1) is 12.9. The molecular weight excluding hydrogens is 399 g/mol. The molecule has 1 aromatic carbocycles. The van der Waals surface area contributed by atoms with Crippen molar-refractivity contribution in [3.05, 3.63) is 75.2 Å². The molecule has 6 heteroatoms. The molecule has 1 N–H and O–H groups in total. The van der Waals surface area contributed by atoms with Crippen LogP contribution in [0.1, 0.15) is 42.1 Å². The average molecular weight is 421 g/mol. The molecule has 0 fully saturated rings. The Morgan fingerprint density at radius 2 is 1.74 bits per heavy atom. The van der Waals surface area contributed by atoms with Crippen LogP contribution in [-0.4, -0.2) is 14.7 Å². The molecule has 0 unspecified atom stereocenters. The number of hydrogen-bond donors (Lipinski definition) is 1. The van der Waals surface area contributed by atoms with Crippen molar-refractivity contribution in [3.8, 4) is 0 Å². The van der Waals surface area contributed by atoms with Gasteiger partial charge in [0.05, 0.1) is 11.6 Å². The largest absolute Gasteiger partial charge is 0.392 e. The predicted molar refractivity (Wildman–Crippen MR) is 113 cm³/mol. The van der Waals surface area contributed by atoms with E-state index in [0.717, 1.165) is 26.7 Å². The second-order valence-electron chi connectivity index (χ2n) is 6.74. The Balaban J connectivity index is 2.13. The molecule has 3 rings (SSSR count). The maximum absolute atomic E-state index is 10.0. The van der Waals surface area contributed by atoms with E-state index in [4.69, 9.17) is 23.2 Å². The van der Waals surface area contributed by atoms with Gasteiger partial charge in [0.15, 0.2) is 0 Å². The highest BCUT2D eigenvalue weighted by molar-refractivity contribution is 7.99. The molecule has 0 spiro atoms. The van der Waals surface area contributed by atoms with Crippen molar-refractivity contribution in [3.63, 3.8) is 0 Å². The quantitative estimate of drug-likeness (QED) is 0.507. The molecule has 0 saturated carbocycles. The molecule has 0 aliphatic carbocycles. The van der Waals surface area contributed by atoms with Gasteiger partial charge in [-0.1, -0.05) is 48.8 Å². The lowest BCUT2D eigenvalue weighted by Crippen LogP contribution is -2.04. The van der Waals surface area contributed by atoms with Gasteiger partial charge in [0.25, 0.3) is 0 Å². The van der Waals surface area contributed by atoms with Crippen LogP contribution in [0.15, 0.2) is 52.6 Å². The summed E-state index contributed by atoms with van der Waals surface area (Å²) in [5, 5.41) is 12.4. The Hall–Kier alpha value is -1.46. The first-order valence-corrected chi connectivity index (χ1v) is 10.3. The molecule has 0 bridgehead atoms. The first-order valence-electron chi connectivity index (χ1n) is 8.76. The van der Waals surface area contributed by atoms with E-state index < -0.39 is 0 Å². The zero-order chi connectivity index (χ0) is 19.6. The molecule has 3 aromatic rings. The van der Waals surface area contributed by atoms with E-state index in [1.807, 2.05) is 24.3 Å². The third kappa shape index (κ3) is 4.52. The minimum Gasteiger partial charge on any atom is -0.392 e. The van der Waals surface area contributed by atoms with Crippen molar-refractivity contribution in [1.82, 2.24) is 9.55 Å². The van der Waals surface area contributed by atoms with E-state index in [9.17, 15) is 5.11 Å². The fourth-order valence-electron chi connectivity index (χ4n) is 3.25. The van der Waals surface area contributed by atoms with Gasteiger partial charge in [-0.15, -0.1) is 0 Å². The van der Waals surface area contributed by atoms with Crippen LogP contribution in [0, 0.1) is 6.92 Å². The Morgan fingerprint density at radius 3 is 2.30 bits per heavy atom. The number of halogens is 2. The van der Waals surface area contributed by atoms with Crippen molar-refractivity contribution >= 4 is 35.0 Å². The summed E-state index contributed by atoms with van der Waals surface area (Å²) < 4.78 is 2.26. The summed E-state index contributed by atoms with van der Waals surface area (Å²) in [7, 11) is 0. The zero-order valence-corrected chi connectivity index (χ0v) is 17.9. The summed E-state index contributed by atoms with van der Waals surface area (Å²) in [5.74, 6) is 0.279. The van der Waals surface area contributed by atoms with Crippen LogP contribution >= 0.6 is 35.0 Å². The van der Waals surface area contributed by atoms with Gasteiger partial charge in [0, 0.05) is 45.1 Å². The number of aliphatic hydroxyl groups is 1. The van der Waals surface area contributed by atoms with Crippen molar-refractivity contribution in [2.24, 2.45) is 0 Å². The van der Waals surface area contributed by atoms with Gasteiger partial charge in [-0.05, 0) is 54.3 Å². The van der Waals surface area contributed by atoms with Crippen molar-refractivity contribution in [2.75, 3.05) is 0 Å². The highest BCUT2D eigenvalue weighted by atomic mass is 35.5. The van der Waals surface area contributed by atoms with E-state index >= 15 is 0 Å². The van der Waals surface area contributed by atoms with Gasteiger partial charge in [-0.2, -0.15) is 0 Å². The summed E-state index contributed by atoms with van der Waals surface area (Å²) in [5.41, 5.74) is 4.40. The smallest absolute Gasteiger partial charge is 0.0840 e. The minimum atomic E-state index is 0.0204. The fourth-order valence-corrected chi connectivity index (χ4v) is 5.28. The number of hydrogen-bond acceptors (Lipinski definition) is 3. The molecule has 0 aliphatic rings. The maximum Gasteiger partial charge on any atom is 0.0840 e. The van der Waals surface area contributed by atoms with Crippen molar-refractivity contribution in [1.29, 1.82) is 0 Å². The summed E-state index contributed by atoms with van der Waals surface area (Å²) >= 11 is 14.0. The lowest BCUT2D eigenvalue weighted by Gasteiger charge is -2.15. The standard InChI is InChI=1S/C21H22Cl2N2OS/c1-13(2)20-19(12-26)14(3)25(11-15-4-6-24-7-5-15)21(20)27-18-9-16(22)8-17(23)10-18/h4-10,13,26H,11-12H2,1-3H3. The summed E-state index contributed by atoms with van der Waals surface area (Å²) in [6.45, 7) is 7.10. The van der Waals surface area contributed by atoms with Crippen LogP contribution in [0.2, 0.25) is 10.0 Å². The van der Waals surface area contributed by atoms with Gasteiger partial charge in [-0.3, -0.25) is 4.98 Å². The maximum atomic E-state index is 10.0. The van der Waals surface area contributed by atoms with Gasteiger partial charge in [0.1, 0.15) is 0 Å². The zero-order valence-electron chi connectivity index (χ0n) is 15.5. The van der Waals surface area contributed by atoms with Gasteiger partial charge in [0.2, 0.25) is 0 Å². The van der Waals surface area contributed by atoms with Crippen LogP contribution < -0.4 is 0 Å². The third-order valence-electron chi connectivity index (χ3n) is 4.52. The van der Waals surface area contributed by atoms with Crippen LogP contribution in [0.25, 0.3) is 0 Å². The highest BCUT2D eigenvalue weighted by Gasteiger charge is 2.23. The number of rotatable bonds is 6. The van der Waals surface area contributed by atoms with E-state index in [0.29, 0.717) is 16.6 Å². The minimum absolute atomic E-state index is 0.0204. The lowest BCUT2D eigenvalue weighted by atomic mass is 10.0. The number of pyridine rings is 1. The highest BCUT2D eigenvalue weighted by Crippen LogP contribution is 2.41. The fraction of sp³-hybridized carbons (Fsp3) is 0.286. The average Bonchev–Trinajstić information content (AvgIpc) is 2.87. The van der Waals surface area contributed by atoms with Crippen LogP contribution in [0.3, 0.4) is 0 Å². The predicted octanol–water partition coefficient (Wildman–Crippen LogP) is 6.31. The second kappa shape index (κ2) is 8.70. The van der Waals surface area contributed by atoms with E-state index in [2.05, 4.69) is 30.3 Å². The molecule has 27 heavy (non-hydrogen) atoms. The molecule has 2 heterocycles. The van der Waals surface area contributed by atoms with Gasteiger partial charge < -0.3 is 9.67 Å². The number of nitrogens with zero attached hydrogens (tertiary/aromatic N) is 2. The molecule has 3 nitrogen and oxygen atoms in total. The molecule has 0 aliphatic heterocycles. The molecule has 0 amide bonds. The van der Waals surface area contributed by atoms with Crippen molar-refractivity contribution in [2.45, 2.75) is 49.8 Å². The Morgan fingerprint density at radius 1 is 1.11 bits per heavy atom. The summed E-state index contributed by atoms with van der Waals surface area (Å²) in [6.07, 6.45) is 3.60. The monoisotopic (exact) mass is 420 g/mol. The van der Waals surface area contributed by atoms with E-state index in [1.54, 1.807) is 30.2 Å². The van der Waals surface area contributed by atoms with Crippen LogP contribution in [-0.2, 0) is 13.2 Å². The van der Waals surface area contributed by atoms with Gasteiger partial charge >= 0.3 is 0 Å². The number of aromatic nitrogens is 2. The lowest BCUT2D eigenvalue weighted by molar-refractivity contribution is 0.279. The van der Waals surface area contributed by atoms with Crippen LogP contribution in [0.5, 0.6) is 0 Å². The molecule has 2 aromatic heterocycles. The Labute approximate surface area is 174 Å². The molecule has 0 atom stereocenters. The summed E-state index contributed by atoms with van der Waals surface area (Å²) in [4.78, 5) is 5.08. The first kappa shape index (κ1) is 20.3. The normalized spacial score (nSPS) is 11.4.